The van der Waals surface area contributed by atoms with E-state index in [0.717, 1.165) is 0 Å². The average molecular weight is 277 g/mol. The highest BCUT2D eigenvalue weighted by atomic mass is 32.2. The van der Waals surface area contributed by atoms with Crippen molar-refractivity contribution in [3.63, 3.8) is 0 Å². The van der Waals surface area contributed by atoms with Crippen molar-refractivity contribution >= 4 is 16.0 Å². The van der Waals surface area contributed by atoms with Gasteiger partial charge in [0.05, 0.1) is 0 Å². The third-order valence-corrected chi connectivity index (χ3v) is 3.69. The molecule has 102 valence electrons. The molecule has 1 aromatic heterocycles. The molecule has 1 unspecified atom stereocenters. The Hall–Kier alpha value is -1.45. The molecule has 0 amide bonds. The van der Waals surface area contributed by atoms with Gasteiger partial charge in [-0.25, -0.2) is 22.9 Å². The van der Waals surface area contributed by atoms with E-state index in [1.165, 1.54) is 6.20 Å². The fourth-order valence-electron chi connectivity index (χ4n) is 1.18. The Morgan fingerprint density at radius 2 is 2.22 bits per heavy atom. The highest BCUT2D eigenvalue weighted by Gasteiger charge is 2.19. The first-order chi connectivity index (χ1) is 8.24. The molecule has 0 aliphatic heterocycles. The summed E-state index contributed by atoms with van der Waals surface area (Å²) in [4.78, 5) is 14.2. The van der Waals surface area contributed by atoms with Crippen molar-refractivity contribution in [3.8, 4) is 0 Å². The van der Waals surface area contributed by atoms with Crippen LogP contribution < -0.4 is 4.72 Å². The molecule has 0 bridgehead atoms. The van der Waals surface area contributed by atoms with E-state index in [1.807, 2.05) is 0 Å². The highest BCUT2D eigenvalue weighted by Crippen LogP contribution is 2.07. The van der Waals surface area contributed by atoms with Crippen LogP contribution in [-0.2, 0) is 21.9 Å². The summed E-state index contributed by atoms with van der Waals surface area (Å²) in [6, 6.07) is 0. The van der Waals surface area contributed by atoms with E-state index >= 15 is 0 Å². The van der Waals surface area contributed by atoms with E-state index in [2.05, 4.69) is 9.71 Å². The molecule has 1 rings (SSSR count). The van der Waals surface area contributed by atoms with Gasteiger partial charge in [-0.2, -0.15) is 0 Å². The molecular formula is C9H15N3O5S. The summed E-state index contributed by atoms with van der Waals surface area (Å²) in [5.74, 6) is -0.844. The number of imidazole rings is 1. The van der Waals surface area contributed by atoms with Crippen molar-refractivity contribution in [3.05, 3.63) is 12.0 Å². The number of carboxylic acids is 1. The molecule has 1 atom stereocenters. The highest BCUT2D eigenvalue weighted by molar-refractivity contribution is 7.89. The standard InChI is InChI=1S/C9H15N3O5S/c1-6-11-8(5-12(6)2)18(16,17)10-4-3-7(13)9(14)15/h5,7,10,13H,3-4H2,1-2H3,(H,14,15). The maximum atomic E-state index is 11.7. The van der Waals surface area contributed by atoms with E-state index in [0.29, 0.717) is 5.82 Å². The first kappa shape index (κ1) is 14.6. The van der Waals surface area contributed by atoms with Gasteiger partial charge in [-0.15, -0.1) is 0 Å². The molecule has 0 aliphatic carbocycles. The largest absolute Gasteiger partial charge is 0.479 e. The van der Waals surface area contributed by atoms with Crippen LogP contribution in [0.2, 0.25) is 0 Å². The Balaban J connectivity index is 2.63. The smallest absolute Gasteiger partial charge is 0.332 e. The van der Waals surface area contributed by atoms with Crippen LogP contribution in [0.4, 0.5) is 0 Å². The molecule has 0 spiro atoms. The van der Waals surface area contributed by atoms with Gasteiger partial charge in [-0.3, -0.25) is 0 Å². The number of aliphatic hydroxyl groups excluding tert-OH is 1. The normalized spacial score (nSPS) is 13.5. The maximum Gasteiger partial charge on any atom is 0.332 e. The Morgan fingerprint density at radius 3 is 2.67 bits per heavy atom. The van der Waals surface area contributed by atoms with Gasteiger partial charge in [-0.1, -0.05) is 0 Å². The maximum absolute atomic E-state index is 11.7. The molecule has 0 saturated heterocycles. The van der Waals surface area contributed by atoms with Crippen molar-refractivity contribution in [2.24, 2.45) is 7.05 Å². The van der Waals surface area contributed by atoms with Gasteiger partial charge in [0.2, 0.25) is 0 Å². The van der Waals surface area contributed by atoms with Gasteiger partial charge in [0, 0.05) is 19.8 Å². The number of hydrogen-bond donors (Lipinski definition) is 3. The second kappa shape index (κ2) is 5.46. The summed E-state index contributed by atoms with van der Waals surface area (Å²) in [6.45, 7) is 1.48. The number of carboxylic acid groups (broad SMARTS) is 1. The van der Waals surface area contributed by atoms with Gasteiger partial charge in [0.25, 0.3) is 10.0 Å². The predicted octanol–water partition coefficient (Wildman–Crippen LogP) is -1.16. The molecule has 0 fully saturated rings. The SMILES string of the molecule is Cc1nc(S(=O)(=O)NCCC(O)C(=O)O)cn1C. The fraction of sp³-hybridized carbons (Fsp3) is 0.556. The molecule has 18 heavy (non-hydrogen) atoms. The predicted molar refractivity (Wildman–Crippen MR) is 61.4 cm³/mol. The first-order valence-electron chi connectivity index (χ1n) is 5.14. The molecule has 0 aliphatic rings. The Kier molecular flexibility index (Phi) is 4.43. The van der Waals surface area contributed by atoms with Crippen molar-refractivity contribution in [1.82, 2.24) is 14.3 Å². The van der Waals surface area contributed by atoms with Crippen LogP contribution in [0.1, 0.15) is 12.2 Å². The lowest BCUT2D eigenvalue weighted by atomic mass is 10.3. The number of nitrogens with one attached hydrogen (secondary N) is 1. The summed E-state index contributed by atoms with van der Waals surface area (Å²) < 4.78 is 27.2. The number of aliphatic carboxylic acids is 1. The summed E-state index contributed by atoms with van der Waals surface area (Å²) in [6.07, 6.45) is -0.441. The van der Waals surface area contributed by atoms with Crippen LogP contribution in [0.15, 0.2) is 11.2 Å². The van der Waals surface area contributed by atoms with Crippen LogP contribution in [-0.4, -0.2) is 46.8 Å². The van der Waals surface area contributed by atoms with E-state index in [4.69, 9.17) is 10.2 Å². The monoisotopic (exact) mass is 277 g/mol. The Labute approximate surface area is 104 Å². The minimum Gasteiger partial charge on any atom is -0.479 e. The Morgan fingerprint density at radius 1 is 1.61 bits per heavy atom. The second-order valence-electron chi connectivity index (χ2n) is 3.78. The topological polar surface area (TPSA) is 122 Å². The van der Waals surface area contributed by atoms with E-state index in [-0.39, 0.29) is 18.0 Å². The molecule has 0 saturated carbocycles. The molecule has 0 radical (unpaired) electrons. The van der Waals surface area contributed by atoms with E-state index in [1.54, 1.807) is 18.5 Å². The number of aliphatic hydroxyl groups is 1. The zero-order valence-electron chi connectivity index (χ0n) is 9.99. The molecule has 0 aromatic carbocycles. The third kappa shape index (κ3) is 3.52. The van der Waals surface area contributed by atoms with E-state index < -0.39 is 22.1 Å². The molecular weight excluding hydrogens is 262 g/mol. The lowest BCUT2D eigenvalue weighted by Gasteiger charge is -2.06. The van der Waals surface area contributed by atoms with Crippen LogP contribution in [0.25, 0.3) is 0 Å². The fourth-order valence-corrected chi connectivity index (χ4v) is 2.27. The number of rotatable bonds is 6. The number of aryl methyl sites for hydroxylation is 2. The Bertz CT molecular complexity index is 517. The van der Waals surface area contributed by atoms with Crippen molar-refractivity contribution in [2.75, 3.05) is 6.54 Å². The lowest BCUT2D eigenvalue weighted by molar-refractivity contribution is -0.146. The lowest BCUT2D eigenvalue weighted by Crippen LogP contribution is -2.30. The van der Waals surface area contributed by atoms with Gasteiger partial charge in [0.1, 0.15) is 5.82 Å². The zero-order valence-corrected chi connectivity index (χ0v) is 10.8. The molecule has 1 aromatic rings. The number of carbonyl (C=O) groups is 1. The molecule has 8 nitrogen and oxygen atoms in total. The van der Waals surface area contributed by atoms with Crippen molar-refractivity contribution < 1.29 is 23.4 Å². The summed E-state index contributed by atoms with van der Waals surface area (Å²) in [5.41, 5.74) is 0. The quantitative estimate of drug-likeness (QED) is 0.603. The molecule has 9 heteroatoms. The number of aromatic nitrogens is 2. The number of sulfonamides is 1. The summed E-state index contributed by atoms with van der Waals surface area (Å²) >= 11 is 0. The van der Waals surface area contributed by atoms with Crippen molar-refractivity contribution in [2.45, 2.75) is 24.5 Å². The summed E-state index contributed by atoms with van der Waals surface area (Å²) in [7, 11) is -2.11. The minimum absolute atomic E-state index is 0.132. The second-order valence-corrected chi connectivity index (χ2v) is 5.49. The third-order valence-electron chi connectivity index (χ3n) is 2.36. The van der Waals surface area contributed by atoms with E-state index in [9.17, 15) is 13.2 Å². The van der Waals surface area contributed by atoms with Gasteiger partial charge < -0.3 is 14.8 Å². The van der Waals surface area contributed by atoms with Crippen LogP contribution in [0.3, 0.4) is 0 Å². The van der Waals surface area contributed by atoms with Crippen LogP contribution in [0, 0.1) is 6.92 Å². The molecule has 1 heterocycles. The summed E-state index contributed by atoms with van der Waals surface area (Å²) in [5, 5.41) is 17.3. The number of nitrogens with zero attached hydrogens (tertiary/aromatic N) is 2. The van der Waals surface area contributed by atoms with Gasteiger partial charge in [0.15, 0.2) is 11.1 Å². The zero-order chi connectivity index (χ0) is 13.9. The average Bonchev–Trinajstić information content (AvgIpc) is 2.59. The van der Waals surface area contributed by atoms with Crippen molar-refractivity contribution in [1.29, 1.82) is 0 Å². The first-order valence-corrected chi connectivity index (χ1v) is 6.63. The number of hydrogen-bond acceptors (Lipinski definition) is 5. The van der Waals surface area contributed by atoms with Gasteiger partial charge in [-0.05, 0) is 13.3 Å². The molecule has 3 N–H and O–H groups in total. The van der Waals surface area contributed by atoms with Crippen LogP contribution in [0.5, 0.6) is 0 Å². The van der Waals surface area contributed by atoms with Gasteiger partial charge >= 0.3 is 5.97 Å². The van der Waals surface area contributed by atoms with Crippen LogP contribution >= 0.6 is 0 Å². The minimum atomic E-state index is -3.77.